The van der Waals surface area contributed by atoms with E-state index in [2.05, 4.69) is 70.2 Å². The molecule has 0 amide bonds. The minimum atomic E-state index is 0. The SMILES string of the molecule is CN=C(NCCCc1ccccc1)NCc1cccc(COC2CCOCC2)c1.I. The molecule has 5 nitrogen and oxygen atoms in total. The van der Waals surface area contributed by atoms with Gasteiger partial charge in [-0.3, -0.25) is 4.99 Å². The molecule has 3 rings (SSSR count). The molecule has 30 heavy (non-hydrogen) atoms. The number of hydrogen-bond acceptors (Lipinski definition) is 3. The highest BCUT2D eigenvalue weighted by Crippen LogP contribution is 2.14. The highest BCUT2D eigenvalue weighted by atomic mass is 127. The fraction of sp³-hybridized carbons (Fsp3) is 0.458. The van der Waals surface area contributed by atoms with Gasteiger partial charge in [-0.05, 0) is 42.4 Å². The molecule has 2 aromatic carbocycles. The Balaban J connectivity index is 0.00000320. The molecule has 0 atom stereocenters. The highest BCUT2D eigenvalue weighted by molar-refractivity contribution is 14.0. The van der Waals surface area contributed by atoms with Crippen molar-refractivity contribution in [2.45, 2.75) is 44.9 Å². The molecule has 1 fully saturated rings. The lowest BCUT2D eigenvalue weighted by atomic mass is 10.1. The summed E-state index contributed by atoms with van der Waals surface area (Å²) in [6.45, 7) is 3.92. The zero-order valence-corrected chi connectivity index (χ0v) is 20.1. The molecule has 0 bridgehead atoms. The lowest BCUT2D eigenvalue weighted by molar-refractivity contribution is -0.0390. The molecule has 2 N–H and O–H groups in total. The number of nitrogens with zero attached hydrogens (tertiary/aromatic N) is 1. The Morgan fingerprint density at radius 3 is 2.50 bits per heavy atom. The largest absolute Gasteiger partial charge is 0.381 e. The number of halogens is 1. The van der Waals surface area contributed by atoms with Crippen LogP contribution in [0.1, 0.15) is 36.0 Å². The van der Waals surface area contributed by atoms with Crippen molar-refractivity contribution in [3.63, 3.8) is 0 Å². The van der Waals surface area contributed by atoms with E-state index in [1.807, 2.05) is 7.05 Å². The summed E-state index contributed by atoms with van der Waals surface area (Å²) in [6.07, 6.45) is 4.45. The molecule has 1 aliphatic rings. The van der Waals surface area contributed by atoms with Crippen molar-refractivity contribution in [1.29, 1.82) is 0 Å². The second-order valence-corrected chi connectivity index (χ2v) is 7.38. The maximum Gasteiger partial charge on any atom is 0.191 e. The Bertz CT molecular complexity index is 749. The summed E-state index contributed by atoms with van der Waals surface area (Å²) in [5, 5.41) is 6.79. The lowest BCUT2D eigenvalue weighted by Gasteiger charge is -2.22. The second-order valence-electron chi connectivity index (χ2n) is 7.38. The van der Waals surface area contributed by atoms with Crippen LogP contribution in [0.4, 0.5) is 0 Å². The van der Waals surface area contributed by atoms with E-state index in [1.165, 1.54) is 16.7 Å². The average Bonchev–Trinajstić information content (AvgIpc) is 2.79. The molecular weight excluding hydrogens is 489 g/mol. The molecule has 0 spiro atoms. The van der Waals surface area contributed by atoms with Gasteiger partial charge in [0.1, 0.15) is 0 Å². The fourth-order valence-electron chi connectivity index (χ4n) is 3.44. The van der Waals surface area contributed by atoms with Gasteiger partial charge in [0, 0.05) is 33.4 Å². The smallest absolute Gasteiger partial charge is 0.191 e. The van der Waals surface area contributed by atoms with E-state index in [4.69, 9.17) is 9.47 Å². The van der Waals surface area contributed by atoms with Crippen LogP contribution in [0.5, 0.6) is 0 Å². The second kappa shape index (κ2) is 14.4. The first-order valence-corrected chi connectivity index (χ1v) is 10.6. The summed E-state index contributed by atoms with van der Waals surface area (Å²) < 4.78 is 11.4. The summed E-state index contributed by atoms with van der Waals surface area (Å²) in [4.78, 5) is 4.33. The third-order valence-corrected chi connectivity index (χ3v) is 5.11. The first-order chi connectivity index (χ1) is 14.3. The number of aryl methyl sites for hydroxylation is 1. The monoisotopic (exact) mass is 523 g/mol. The quantitative estimate of drug-likeness (QED) is 0.223. The Labute approximate surface area is 197 Å². The van der Waals surface area contributed by atoms with Crippen molar-refractivity contribution in [3.05, 3.63) is 71.3 Å². The number of ether oxygens (including phenoxy) is 2. The Hall–Kier alpha value is -1.64. The van der Waals surface area contributed by atoms with Gasteiger partial charge in [-0.2, -0.15) is 0 Å². The molecule has 0 radical (unpaired) electrons. The van der Waals surface area contributed by atoms with E-state index in [0.717, 1.165) is 57.9 Å². The molecule has 0 saturated carbocycles. The van der Waals surface area contributed by atoms with Gasteiger partial charge in [0.2, 0.25) is 0 Å². The van der Waals surface area contributed by atoms with Gasteiger partial charge in [-0.25, -0.2) is 0 Å². The third kappa shape index (κ3) is 9.02. The van der Waals surface area contributed by atoms with Crippen molar-refractivity contribution in [2.24, 2.45) is 4.99 Å². The fourth-order valence-corrected chi connectivity index (χ4v) is 3.44. The predicted octanol–water partition coefficient (Wildman–Crippen LogP) is 4.30. The van der Waals surface area contributed by atoms with Gasteiger partial charge in [0.05, 0.1) is 12.7 Å². The minimum Gasteiger partial charge on any atom is -0.381 e. The standard InChI is InChI=1S/C24H33N3O2.HI/c1-25-24(26-14-6-11-20-7-3-2-4-8-20)27-18-21-9-5-10-22(17-21)19-29-23-12-15-28-16-13-23;/h2-5,7-10,17,23H,6,11-16,18-19H2,1H3,(H2,25,26,27);1H. The van der Waals surface area contributed by atoms with Gasteiger partial charge >= 0.3 is 0 Å². The molecule has 0 aliphatic carbocycles. The van der Waals surface area contributed by atoms with Crippen molar-refractivity contribution >= 4 is 29.9 Å². The Morgan fingerprint density at radius 1 is 1.00 bits per heavy atom. The molecule has 1 aliphatic heterocycles. The van der Waals surface area contributed by atoms with Gasteiger partial charge in [0.25, 0.3) is 0 Å². The molecule has 2 aromatic rings. The summed E-state index contributed by atoms with van der Waals surface area (Å²) >= 11 is 0. The van der Waals surface area contributed by atoms with Crippen LogP contribution in [-0.4, -0.2) is 38.9 Å². The number of rotatable bonds is 9. The summed E-state index contributed by atoms with van der Waals surface area (Å²) in [6, 6.07) is 19.1. The molecular formula is C24H34IN3O2. The molecule has 1 heterocycles. The van der Waals surface area contributed by atoms with Crippen molar-refractivity contribution < 1.29 is 9.47 Å². The van der Waals surface area contributed by atoms with Crippen LogP contribution in [0.25, 0.3) is 0 Å². The highest BCUT2D eigenvalue weighted by Gasteiger charge is 2.14. The summed E-state index contributed by atoms with van der Waals surface area (Å²) in [5.74, 6) is 0.835. The van der Waals surface area contributed by atoms with Crippen molar-refractivity contribution in [2.75, 3.05) is 26.8 Å². The van der Waals surface area contributed by atoms with E-state index >= 15 is 0 Å². The van der Waals surface area contributed by atoms with Crippen molar-refractivity contribution in [3.8, 4) is 0 Å². The molecule has 0 aromatic heterocycles. The number of benzene rings is 2. The van der Waals surface area contributed by atoms with Crippen LogP contribution >= 0.6 is 24.0 Å². The van der Waals surface area contributed by atoms with E-state index in [9.17, 15) is 0 Å². The van der Waals surface area contributed by atoms with Crippen LogP contribution in [-0.2, 0) is 29.0 Å². The number of hydrogen-bond donors (Lipinski definition) is 2. The first kappa shape index (κ1) is 24.6. The number of guanidine groups is 1. The first-order valence-electron chi connectivity index (χ1n) is 10.6. The van der Waals surface area contributed by atoms with E-state index < -0.39 is 0 Å². The maximum absolute atomic E-state index is 6.04. The van der Waals surface area contributed by atoms with Crippen LogP contribution in [0.15, 0.2) is 59.6 Å². The maximum atomic E-state index is 6.04. The van der Waals surface area contributed by atoms with Crippen LogP contribution in [0.3, 0.4) is 0 Å². The summed E-state index contributed by atoms with van der Waals surface area (Å²) in [7, 11) is 1.81. The topological polar surface area (TPSA) is 54.9 Å². The normalized spacial score (nSPS) is 14.8. The molecule has 164 valence electrons. The average molecular weight is 523 g/mol. The Kier molecular flexibility index (Phi) is 11.8. The van der Waals surface area contributed by atoms with Crippen LogP contribution < -0.4 is 10.6 Å². The summed E-state index contributed by atoms with van der Waals surface area (Å²) in [5.41, 5.74) is 3.81. The van der Waals surface area contributed by atoms with E-state index in [-0.39, 0.29) is 24.0 Å². The van der Waals surface area contributed by atoms with E-state index in [1.54, 1.807) is 0 Å². The zero-order chi connectivity index (χ0) is 20.2. The van der Waals surface area contributed by atoms with Gasteiger partial charge in [-0.1, -0.05) is 54.6 Å². The number of nitrogens with one attached hydrogen (secondary N) is 2. The van der Waals surface area contributed by atoms with Gasteiger partial charge < -0.3 is 20.1 Å². The predicted molar refractivity (Wildman–Crippen MR) is 133 cm³/mol. The minimum absolute atomic E-state index is 0. The number of aliphatic imine (C=N–C) groups is 1. The zero-order valence-electron chi connectivity index (χ0n) is 17.8. The molecule has 1 saturated heterocycles. The molecule has 0 unspecified atom stereocenters. The van der Waals surface area contributed by atoms with Crippen LogP contribution in [0, 0.1) is 0 Å². The third-order valence-electron chi connectivity index (χ3n) is 5.11. The lowest BCUT2D eigenvalue weighted by Crippen LogP contribution is -2.37. The Morgan fingerprint density at radius 2 is 1.73 bits per heavy atom. The molecule has 6 heteroatoms. The van der Waals surface area contributed by atoms with Gasteiger partial charge in [-0.15, -0.1) is 24.0 Å². The van der Waals surface area contributed by atoms with E-state index in [0.29, 0.717) is 12.7 Å². The van der Waals surface area contributed by atoms with Crippen LogP contribution in [0.2, 0.25) is 0 Å². The van der Waals surface area contributed by atoms with Crippen molar-refractivity contribution in [1.82, 2.24) is 10.6 Å². The van der Waals surface area contributed by atoms with Gasteiger partial charge in [0.15, 0.2) is 5.96 Å².